The Morgan fingerprint density at radius 3 is 2.32 bits per heavy atom. The van der Waals surface area contributed by atoms with Crippen molar-refractivity contribution in [3.63, 3.8) is 0 Å². The van der Waals surface area contributed by atoms with Gasteiger partial charge in [0, 0.05) is 11.8 Å². The number of hydrogen-bond acceptors (Lipinski definition) is 6. The molecule has 3 aromatic carbocycles. The van der Waals surface area contributed by atoms with Crippen LogP contribution in [0.15, 0.2) is 72.8 Å². The summed E-state index contributed by atoms with van der Waals surface area (Å²) in [6.07, 6.45) is 0.0285. The lowest BCUT2D eigenvalue weighted by molar-refractivity contribution is 0.0535. The van der Waals surface area contributed by atoms with Gasteiger partial charge in [0.1, 0.15) is 23.8 Å². The van der Waals surface area contributed by atoms with Crippen LogP contribution >= 0.6 is 0 Å². The third-order valence-electron chi connectivity index (χ3n) is 5.70. The van der Waals surface area contributed by atoms with Crippen LogP contribution in [0.1, 0.15) is 37.9 Å². The maximum Gasteiger partial charge on any atom is 0.419 e. The molecule has 0 spiro atoms. The number of rotatable bonds is 6. The van der Waals surface area contributed by atoms with E-state index in [0.29, 0.717) is 29.2 Å². The van der Waals surface area contributed by atoms with Crippen LogP contribution in [0, 0.1) is 5.82 Å². The van der Waals surface area contributed by atoms with Crippen molar-refractivity contribution >= 4 is 17.0 Å². The fourth-order valence-electron chi connectivity index (χ4n) is 4.02. The fraction of sp³-hybridized carbons (Fsp3) is 0.214. The van der Waals surface area contributed by atoms with E-state index in [0.717, 1.165) is 22.1 Å². The quantitative estimate of drug-likeness (QED) is 0.312. The van der Waals surface area contributed by atoms with Gasteiger partial charge in [0.2, 0.25) is 0 Å². The molecule has 0 bridgehead atoms. The van der Waals surface area contributed by atoms with E-state index in [1.165, 1.54) is 16.7 Å². The van der Waals surface area contributed by atoms with Crippen molar-refractivity contribution in [1.29, 1.82) is 0 Å². The molecule has 37 heavy (non-hydrogen) atoms. The van der Waals surface area contributed by atoms with Gasteiger partial charge in [-0.15, -0.1) is 10.2 Å². The zero-order valence-corrected chi connectivity index (χ0v) is 20.7. The molecule has 2 aromatic heterocycles. The molecule has 0 saturated heterocycles. The molecule has 0 amide bonds. The van der Waals surface area contributed by atoms with Crippen molar-refractivity contribution in [3.8, 4) is 16.9 Å². The number of hydrogen-bond donors (Lipinski definition) is 1. The molecule has 188 valence electrons. The molecule has 0 fully saturated rings. The van der Waals surface area contributed by atoms with Gasteiger partial charge in [0.05, 0.1) is 11.2 Å². The van der Waals surface area contributed by atoms with Crippen molar-refractivity contribution in [2.24, 2.45) is 0 Å². The SMILES string of the molecule is CC(C)(C)OC(=O)n1c(COc2ccc(-c3ccc(Cc4nn[nH]n4)cc3)cc2)cc2ccc(F)cc21. The topological polar surface area (TPSA) is 94.9 Å². The van der Waals surface area contributed by atoms with E-state index in [1.807, 2.05) is 54.6 Å². The Balaban J connectivity index is 1.31. The van der Waals surface area contributed by atoms with Crippen LogP contribution in [0.3, 0.4) is 0 Å². The number of H-pyrrole nitrogens is 1. The standard InChI is InChI=1S/C28H26FN5O3/c1-28(2,3)37-27(35)34-23(15-21-8-11-22(29)16-25(21)34)17-36-24-12-9-20(10-13-24)19-6-4-18(5-7-19)14-26-30-32-33-31-26/h4-13,15-16H,14,17H2,1-3H3,(H,30,31,32,33). The van der Waals surface area contributed by atoms with Crippen molar-refractivity contribution in [2.45, 2.75) is 39.4 Å². The van der Waals surface area contributed by atoms with E-state index >= 15 is 0 Å². The molecule has 0 saturated carbocycles. The first kappa shape index (κ1) is 24.2. The minimum absolute atomic E-state index is 0.111. The molecule has 9 heteroatoms. The third kappa shape index (κ3) is 5.66. The maximum absolute atomic E-state index is 14.0. The largest absolute Gasteiger partial charge is 0.487 e. The normalized spacial score (nSPS) is 11.6. The zero-order chi connectivity index (χ0) is 26.0. The first-order valence-electron chi connectivity index (χ1n) is 11.8. The molecular formula is C28H26FN5O3. The molecule has 0 aliphatic rings. The van der Waals surface area contributed by atoms with E-state index in [2.05, 4.69) is 20.6 Å². The van der Waals surface area contributed by atoms with Gasteiger partial charge in [0.25, 0.3) is 0 Å². The Labute approximate surface area is 213 Å². The highest BCUT2D eigenvalue weighted by Crippen LogP contribution is 2.26. The van der Waals surface area contributed by atoms with Crippen molar-refractivity contribution in [2.75, 3.05) is 0 Å². The van der Waals surface area contributed by atoms with Gasteiger partial charge in [0.15, 0.2) is 5.82 Å². The van der Waals surface area contributed by atoms with Crippen LogP contribution in [0.5, 0.6) is 5.75 Å². The monoisotopic (exact) mass is 499 g/mol. The minimum Gasteiger partial charge on any atom is -0.487 e. The molecule has 0 atom stereocenters. The number of nitrogens with one attached hydrogen (secondary N) is 1. The molecule has 0 aliphatic heterocycles. The van der Waals surface area contributed by atoms with Crippen molar-refractivity contribution in [3.05, 3.63) is 95.7 Å². The number of fused-ring (bicyclic) bond motifs is 1. The zero-order valence-electron chi connectivity index (χ0n) is 20.7. The van der Waals surface area contributed by atoms with Gasteiger partial charge in [-0.2, -0.15) is 5.21 Å². The predicted molar refractivity (Wildman–Crippen MR) is 137 cm³/mol. The molecule has 0 radical (unpaired) electrons. The number of carbonyl (C=O) groups excluding carboxylic acids is 1. The summed E-state index contributed by atoms with van der Waals surface area (Å²) in [5.74, 6) is 0.857. The highest BCUT2D eigenvalue weighted by molar-refractivity contribution is 5.91. The van der Waals surface area contributed by atoms with Crippen LogP contribution in [-0.4, -0.2) is 36.9 Å². The van der Waals surface area contributed by atoms with Gasteiger partial charge < -0.3 is 9.47 Å². The summed E-state index contributed by atoms with van der Waals surface area (Å²) in [7, 11) is 0. The maximum atomic E-state index is 14.0. The second-order valence-electron chi connectivity index (χ2n) is 9.67. The number of tetrazole rings is 1. The van der Waals surface area contributed by atoms with Crippen LogP contribution < -0.4 is 4.74 Å². The number of nitrogens with zero attached hydrogens (tertiary/aromatic N) is 4. The Morgan fingerprint density at radius 1 is 0.973 bits per heavy atom. The lowest BCUT2D eigenvalue weighted by Crippen LogP contribution is -2.28. The molecule has 5 rings (SSSR count). The molecule has 1 N–H and O–H groups in total. The third-order valence-corrected chi connectivity index (χ3v) is 5.70. The molecular weight excluding hydrogens is 473 g/mol. The van der Waals surface area contributed by atoms with E-state index in [9.17, 15) is 9.18 Å². The molecule has 2 heterocycles. The Kier molecular flexibility index (Phi) is 6.43. The summed E-state index contributed by atoms with van der Waals surface area (Å²) >= 11 is 0. The molecule has 8 nitrogen and oxygen atoms in total. The van der Waals surface area contributed by atoms with E-state index in [4.69, 9.17) is 9.47 Å². The number of ether oxygens (including phenoxy) is 2. The van der Waals surface area contributed by atoms with Crippen molar-refractivity contribution in [1.82, 2.24) is 25.2 Å². The van der Waals surface area contributed by atoms with E-state index < -0.39 is 17.5 Å². The first-order valence-corrected chi connectivity index (χ1v) is 11.8. The average molecular weight is 500 g/mol. The van der Waals surface area contributed by atoms with Gasteiger partial charge in [-0.25, -0.2) is 13.8 Å². The van der Waals surface area contributed by atoms with Crippen LogP contribution in [0.25, 0.3) is 22.0 Å². The minimum atomic E-state index is -0.694. The molecule has 0 unspecified atom stereocenters. The summed E-state index contributed by atoms with van der Waals surface area (Å²) < 4.78 is 26.9. The summed E-state index contributed by atoms with van der Waals surface area (Å²) in [6, 6.07) is 22.0. The second kappa shape index (κ2) is 9.85. The van der Waals surface area contributed by atoms with Gasteiger partial charge in [-0.1, -0.05) is 41.6 Å². The van der Waals surface area contributed by atoms with Crippen LogP contribution in [0.4, 0.5) is 9.18 Å². The lowest BCUT2D eigenvalue weighted by Gasteiger charge is -2.21. The predicted octanol–water partition coefficient (Wildman–Crippen LogP) is 5.91. The van der Waals surface area contributed by atoms with Crippen LogP contribution in [-0.2, 0) is 17.8 Å². The Morgan fingerprint density at radius 2 is 1.68 bits per heavy atom. The van der Waals surface area contributed by atoms with Gasteiger partial charge in [-0.3, -0.25) is 0 Å². The number of aromatic amines is 1. The van der Waals surface area contributed by atoms with Crippen LogP contribution in [0.2, 0.25) is 0 Å². The fourth-order valence-corrected chi connectivity index (χ4v) is 4.02. The highest BCUT2D eigenvalue weighted by atomic mass is 19.1. The number of benzene rings is 3. The van der Waals surface area contributed by atoms with E-state index in [-0.39, 0.29) is 6.61 Å². The Hall–Kier alpha value is -4.53. The first-order chi connectivity index (χ1) is 17.7. The van der Waals surface area contributed by atoms with Gasteiger partial charge in [-0.05, 0) is 73.9 Å². The average Bonchev–Trinajstić information content (AvgIpc) is 3.50. The summed E-state index contributed by atoms with van der Waals surface area (Å²) in [5.41, 5.74) is 3.50. The number of halogens is 1. The Bertz CT molecular complexity index is 1520. The summed E-state index contributed by atoms with van der Waals surface area (Å²) in [6.45, 7) is 5.47. The smallest absolute Gasteiger partial charge is 0.419 e. The summed E-state index contributed by atoms with van der Waals surface area (Å²) in [4.78, 5) is 12.9. The lowest BCUT2D eigenvalue weighted by atomic mass is 10.0. The number of aromatic nitrogens is 5. The molecule has 0 aliphatic carbocycles. The molecule has 5 aromatic rings. The van der Waals surface area contributed by atoms with E-state index in [1.54, 1.807) is 26.8 Å². The van der Waals surface area contributed by atoms with Crippen molar-refractivity contribution < 1.29 is 18.7 Å². The number of carbonyl (C=O) groups is 1. The summed E-state index contributed by atoms with van der Waals surface area (Å²) in [5, 5.41) is 14.7. The van der Waals surface area contributed by atoms with Gasteiger partial charge >= 0.3 is 6.09 Å². The second-order valence-corrected chi connectivity index (χ2v) is 9.67. The highest BCUT2D eigenvalue weighted by Gasteiger charge is 2.22.